The van der Waals surface area contributed by atoms with Crippen LogP contribution >= 0.6 is 7.60 Å². The van der Waals surface area contributed by atoms with Crippen LogP contribution in [0.5, 0.6) is 0 Å². The normalized spacial score (nSPS) is 15.3. The van der Waals surface area contributed by atoms with Crippen molar-refractivity contribution in [3.8, 4) is 0 Å². The third-order valence-electron chi connectivity index (χ3n) is 2.75. The molecular formula is C10H11N2O6P. The number of carboxylic acid groups (broad SMARTS) is 1. The molecule has 0 aliphatic heterocycles. The van der Waals surface area contributed by atoms with Crippen LogP contribution in [0, 0.1) is 0 Å². The Hall–Kier alpha value is -1.73. The van der Waals surface area contributed by atoms with Gasteiger partial charge in [0.25, 0.3) is 5.34 Å². The molecule has 0 radical (unpaired) electrons. The molecule has 9 heteroatoms. The first kappa shape index (κ1) is 13.7. The summed E-state index contributed by atoms with van der Waals surface area (Å²) in [5.41, 5.74) is 0.666. The fourth-order valence-corrected chi connectivity index (χ4v) is 2.29. The summed E-state index contributed by atoms with van der Waals surface area (Å²) in [5, 5.41) is 15.5. The molecule has 0 aromatic carbocycles. The predicted molar refractivity (Wildman–Crippen MR) is 63.5 cm³/mol. The molecule has 102 valence electrons. The molecule has 4 N–H and O–H groups in total. The van der Waals surface area contributed by atoms with E-state index in [1.807, 2.05) is 0 Å². The van der Waals surface area contributed by atoms with Crippen LogP contribution in [0.3, 0.4) is 0 Å². The summed E-state index contributed by atoms with van der Waals surface area (Å²) < 4.78 is 12.6. The monoisotopic (exact) mass is 286 g/mol. The summed E-state index contributed by atoms with van der Waals surface area (Å²) in [6, 6.07) is 4.99. The number of pyridine rings is 1. The summed E-state index contributed by atoms with van der Waals surface area (Å²) in [7, 11) is -5.25. The SMILES string of the molecule is O=C(O)[C@](O)(Cc1cnc2ccccn12)P(=O)(O)O. The van der Waals surface area contributed by atoms with Gasteiger partial charge in [0, 0.05) is 24.5 Å². The molecule has 2 aromatic rings. The van der Waals surface area contributed by atoms with Crippen molar-refractivity contribution in [2.45, 2.75) is 11.8 Å². The minimum atomic E-state index is -5.25. The summed E-state index contributed by atoms with van der Waals surface area (Å²) in [5.74, 6) is -1.98. The lowest BCUT2D eigenvalue weighted by atomic mass is 10.2. The number of hydrogen-bond donors (Lipinski definition) is 4. The van der Waals surface area contributed by atoms with E-state index in [1.165, 1.54) is 10.6 Å². The second-order valence-electron chi connectivity index (χ2n) is 4.02. The van der Waals surface area contributed by atoms with E-state index in [4.69, 9.17) is 14.9 Å². The number of hydrogen-bond acceptors (Lipinski definition) is 4. The molecule has 0 fully saturated rings. The first-order valence-corrected chi connectivity index (χ1v) is 6.79. The highest BCUT2D eigenvalue weighted by molar-refractivity contribution is 7.54. The Bertz CT molecular complexity index is 677. The Morgan fingerprint density at radius 3 is 2.68 bits per heavy atom. The van der Waals surface area contributed by atoms with Gasteiger partial charge in [0.2, 0.25) is 0 Å². The van der Waals surface area contributed by atoms with E-state index < -0.39 is 25.3 Å². The van der Waals surface area contributed by atoms with Crippen LogP contribution in [0.25, 0.3) is 5.65 Å². The van der Waals surface area contributed by atoms with Crippen LogP contribution < -0.4 is 0 Å². The van der Waals surface area contributed by atoms with Gasteiger partial charge in [-0.3, -0.25) is 4.57 Å². The summed E-state index contributed by atoms with van der Waals surface area (Å²) in [4.78, 5) is 33.0. The first-order chi connectivity index (χ1) is 8.75. The van der Waals surface area contributed by atoms with E-state index in [-0.39, 0.29) is 5.69 Å². The second-order valence-corrected chi connectivity index (χ2v) is 5.85. The highest BCUT2D eigenvalue weighted by Gasteiger charge is 2.53. The molecule has 2 heterocycles. The van der Waals surface area contributed by atoms with Crippen molar-refractivity contribution >= 4 is 19.2 Å². The Morgan fingerprint density at radius 2 is 2.11 bits per heavy atom. The zero-order chi connectivity index (χ0) is 14.3. The van der Waals surface area contributed by atoms with Crippen LogP contribution in [0.15, 0.2) is 30.6 Å². The van der Waals surface area contributed by atoms with Gasteiger partial charge in [-0.25, -0.2) is 9.78 Å². The number of carboxylic acids is 1. The molecule has 0 spiro atoms. The Balaban J connectivity index is 2.49. The van der Waals surface area contributed by atoms with Gasteiger partial charge in [-0.1, -0.05) is 6.07 Å². The molecule has 0 aliphatic carbocycles. The molecule has 0 aliphatic rings. The van der Waals surface area contributed by atoms with Crippen LogP contribution in [-0.4, -0.2) is 40.7 Å². The minimum Gasteiger partial charge on any atom is -0.479 e. The van der Waals surface area contributed by atoms with Crippen LogP contribution in [0.1, 0.15) is 5.69 Å². The maximum absolute atomic E-state index is 11.2. The van der Waals surface area contributed by atoms with Gasteiger partial charge >= 0.3 is 13.6 Å². The van der Waals surface area contributed by atoms with Crippen LogP contribution in [0.4, 0.5) is 0 Å². The standard InChI is InChI=1S/C10H11N2O6P/c13-9(14)10(15,19(16,17)18)5-7-6-11-8-3-1-2-4-12(7)8/h1-4,6,15H,5H2,(H,13,14)(H2,16,17,18)/t10-/m0/s1. The van der Waals surface area contributed by atoms with E-state index in [9.17, 15) is 14.5 Å². The van der Waals surface area contributed by atoms with Crippen molar-refractivity contribution in [2.24, 2.45) is 0 Å². The zero-order valence-corrected chi connectivity index (χ0v) is 10.4. The highest BCUT2D eigenvalue weighted by atomic mass is 31.2. The zero-order valence-electron chi connectivity index (χ0n) is 9.54. The molecule has 0 saturated carbocycles. The van der Waals surface area contributed by atoms with Crippen molar-refractivity contribution < 1.29 is 29.4 Å². The second kappa shape index (κ2) is 4.43. The average Bonchev–Trinajstić information content (AvgIpc) is 2.71. The van der Waals surface area contributed by atoms with Crippen molar-refractivity contribution in [3.63, 3.8) is 0 Å². The van der Waals surface area contributed by atoms with E-state index in [2.05, 4.69) is 4.98 Å². The molecule has 19 heavy (non-hydrogen) atoms. The first-order valence-electron chi connectivity index (χ1n) is 5.18. The van der Waals surface area contributed by atoms with Gasteiger partial charge in [-0.05, 0) is 12.1 Å². The number of aliphatic hydroxyl groups is 1. The average molecular weight is 286 g/mol. The van der Waals surface area contributed by atoms with Gasteiger partial charge in [0.05, 0.1) is 0 Å². The number of aromatic nitrogens is 2. The minimum absolute atomic E-state index is 0.184. The van der Waals surface area contributed by atoms with Gasteiger partial charge < -0.3 is 24.4 Å². The molecular weight excluding hydrogens is 275 g/mol. The number of imidazole rings is 1. The quantitative estimate of drug-likeness (QED) is 0.573. The Kier molecular flexibility index (Phi) is 3.19. The summed E-state index contributed by atoms with van der Waals surface area (Å²) in [6.07, 6.45) is 2.07. The number of rotatable bonds is 4. The fraction of sp³-hybridized carbons (Fsp3) is 0.200. The Morgan fingerprint density at radius 1 is 1.42 bits per heavy atom. The van der Waals surface area contributed by atoms with Crippen LogP contribution in [-0.2, 0) is 15.8 Å². The lowest BCUT2D eigenvalue weighted by Crippen LogP contribution is -2.40. The predicted octanol–water partition coefficient (Wildman–Crippen LogP) is -0.172. The maximum Gasteiger partial charge on any atom is 0.368 e. The molecule has 0 amide bonds. The largest absolute Gasteiger partial charge is 0.479 e. The van der Waals surface area contributed by atoms with Crippen molar-refractivity contribution in [1.82, 2.24) is 9.38 Å². The lowest BCUT2D eigenvalue weighted by Gasteiger charge is -2.23. The fourth-order valence-electron chi connectivity index (χ4n) is 1.67. The smallest absolute Gasteiger partial charge is 0.368 e. The highest BCUT2D eigenvalue weighted by Crippen LogP contribution is 2.50. The lowest BCUT2D eigenvalue weighted by molar-refractivity contribution is -0.151. The van der Waals surface area contributed by atoms with E-state index in [0.717, 1.165) is 0 Å². The van der Waals surface area contributed by atoms with Crippen LogP contribution in [0.2, 0.25) is 0 Å². The molecule has 8 nitrogen and oxygen atoms in total. The van der Waals surface area contributed by atoms with Gasteiger partial charge in [0.1, 0.15) is 5.65 Å². The molecule has 0 unspecified atom stereocenters. The van der Waals surface area contributed by atoms with E-state index in [0.29, 0.717) is 5.65 Å². The van der Waals surface area contributed by atoms with Crippen molar-refractivity contribution in [1.29, 1.82) is 0 Å². The molecule has 0 saturated heterocycles. The molecule has 1 atom stereocenters. The van der Waals surface area contributed by atoms with Crippen molar-refractivity contribution in [2.75, 3.05) is 0 Å². The number of fused-ring (bicyclic) bond motifs is 1. The van der Waals surface area contributed by atoms with Crippen molar-refractivity contribution in [3.05, 3.63) is 36.3 Å². The van der Waals surface area contributed by atoms with Gasteiger partial charge in [-0.2, -0.15) is 0 Å². The third kappa shape index (κ3) is 2.26. The summed E-state index contributed by atoms with van der Waals surface area (Å²) >= 11 is 0. The number of nitrogens with zero attached hydrogens (tertiary/aromatic N) is 2. The third-order valence-corrected chi connectivity index (χ3v) is 4.06. The van der Waals surface area contributed by atoms with E-state index in [1.54, 1.807) is 24.4 Å². The molecule has 2 aromatic heterocycles. The Labute approximate surface area is 107 Å². The van der Waals surface area contributed by atoms with Gasteiger partial charge in [-0.15, -0.1) is 0 Å². The summed E-state index contributed by atoms with van der Waals surface area (Å²) in [6.45, 7) is 0. The number of aliphatic carboxylic acids is 1. The maximum atomic E-state index is 11.2. The van der Waals surface area contributed by atoms with E-state index >= 15 is 0 Å². The number of carbonyl (C=O) groups is 1. The molecule has 2 rings (SSSR count). The molecule has 0 bridgehead atoms. The topological polar surface area (TPSA) is 132 Å². The van der Waals surface area contributed by atoms with Gasteiger partial charge in [0.15, 0.2) is 0 Å².